The molecule has 0 amide bonds. The summed E-state index contributed by atoms with van der Waals surface area (Å²) in [6.45, 7) is 0. The van der Waals surface area contributed by atoms with Gasteiger partial charge >= 0.3 is 0 Å². The van der Waals surface area contributed by atoms with Gasteiger partial charge < -0.3 is 5.32 Å². The number of nitrogens with one attached hydrogen (secondary N) is 1. The number of aromatic nitrogens is 2. The Morgan fingerprint density at radius 2 is 2.04 bits per heavy atom. The molecule has 4 rings (SSSR count). The van der Waals surface area contributed by atoms with Crippen molar-refractivity contribution in [3.8, 4) is 11.3 Å². The zero-order valence-corrected chi connectivity index (χ0v) is 16.0. The number of hydrogen-bond donors (Lipinski definition) is 1. The van der Waals surface area contributed by atoms with Crippen LogP contribution in [0.15, 0.2) is 46.6 Å². The molecule has 1 N–H and O–H groups in total. The number of rotatable bonds is 4. The van der Waals surface area contributed by atoms with Gasteiger partial charge in [0, 0.05) is 22.7 Å². The molecule has 1 aromatic heterocycles. The van der Waals surface area contributed by atoms with Gasteiger partial charge in [-0.05, 0) is 30.5 Å². The average Bonchev–Trinajstić information content (AvgIpc) is 3.08. The molecule has 0 atom stereocenters. The first-order valence-electron chi connectivity index (χ1n) is 8.93. The van der Waals surface area contributed by atoms with Crippen molar-refractivity contribution < 1.29 is 0 Å². The van der Waals surface area contributed by atoms with Crippen molar-refractivity contribution in [1.29, 1.82) is 0 Å². The fourth-order valence-electron chi connectivity index (χ4n) is 3.32. The summed E-state index contributed by atoms with van der Waals surface area (Å²) in [4.78, 5) is 14.4. The molecule has 0 bridgehead atoms. The highest BCUT2D eigenvalue weighted by Gasteiger charge is 2.14. The van der Waals surface area contributed by atoms with Gasteiger partial charge in [-0.2, -0.15) is 0 Å². The third-order valence-corrected chi connectivity index (χ3v) is 5.68. The van der Waals surface area contributed by atoms with Gasteiger partial charge in [0.2, 0.25) is 0 Å². The summed E-state index contributed by atoms with van der Waals surface area (Å²) in [7, 11) is 0. The highest BCUT2D eigenvalue weighted by Crippen LogP contribution is 2.27. The topological polar surface area (TPSA) is 50.2 Å². The number of nitrogens with zero attached hydrogens (tertiary/aromatic N) is 3. The molecule has 0 saturated heterocycles. The summed E-state index contributed by atoms with van der Waals surface area (Å²) in [5.74, 6) is 0.863. The summed E-state index contributed by atoms with van der Waals surface area (Å²) in [5.41, 5.74) is 3.05. The minimum atomic E-state index is 0.520. The van der Waals surface area contributed by atoms with Crippen molar-refractivity contribution in [2.45, 2.75) is 38.1 Å². The lowest BCUT2D eigenvalue weighted by molar-refractivity contribution is 0.462. The molecule has 2 heterocycles. The van der Waals surface area contributed by atoms with Gasteiger partial charge in [0.1, 0.15) is 5.82 Å². The van der Waals surface area contributed by atoms with E-state index in [1.807, 2.05) is 24.7 Å². The van der Waals surface area contributed by atoms with Crippen molar-refractivity contribution in [3.63, 3.8) is 0 Å². The summed E-state index contributed by atoms with van der Waals surface area (Å²) in [6, 6.07) is 8.82. The van der Waals surface area contributed by atoms with Crippen LogP contribution in [0.2, 0.25) is 0 Å². The predicted molar refractivity (Wildman–Crippen MR) is 115 cm³/mol. The molecule has 2 aromatic rings. The number of benzene rings is 1. The van der Waals surface area contributed by atoms with Crippen LogP contribution >= 0.6 is 24.0 Å². The second kappa shape index (κ2) is 8.10. The third-order valence-electron chi connectivity index (χ3n) is 4.59. The molecule has 6 heteroatoms. The Balaban J connectivity index is 1.54. The van der Waals surface area contributed by atoms with Gasteiger partial charge in [0.05, 0.1) is 18.1 Å². The van der Waals surface area contributed by atoms with E-state index >= 15 is 0 Å². The number of aliphatic imine (C=N–C) groups is 1. The molecule has 2 aliphatic rings. The van der Waals surface area contributed by atoms with E-state index in [4.69, 9.17) is 17.2 Å². The molecule has 1 fully saturated rings. The van der Waals surface area contributed by atoms with Crippen LogP contribution in [0.3, 0.4) is 0 Å². The van der Waals surface area contributed by atoms with Crippen LogP contribution in [-0.2, 0) is 0 Å². The van der Waals surface area contributed by atoms with Crippen LogP contribution < -0.4 is 5.32 Å². The number of hydrogen-bond acceptors (Lipinski definition) is 5. The van der Waals surface area contributed by atoms with Gasteiger partial charge in [0.15, 0.2) is 4.32 Å². The molecular weight excluding hydrogens is 360 g/mol. The number of thioether (sulfide) groups is 1. The minimum Gasteiger partial charge on any atom is -0.366 e. The van der Waals surface area contributed by atoms with Crippen LogP contribution in [0, 0.1) is 0 Å². The Kier molecular flexibility index (Phi) is 5.41. The maximum absolute atomic E-state index is 5.10. The fraction of sp³-hybridized carbons (Fsp3) is 0.300. The van der Waals surface area contributed by atoms with Gasteiger partial charge in [-0.1, -0.05) is 61.4 Å². The highest BCUT2D eigenvalue weighted by molar-refractivity contribution is 8.26. The van der Waals surface area contributed by atoms with Gasteiger partial charge in [-0.3, -0.25) is 4.98 Å². The molecule has 4 nitrogen and oxygen atoms in total. The standard InChI is InChI=1S/C20H20N4S2/c25-20-22-11-17(26-20)10-14-5-4-6-15(9-14)18-12-21-13-19(24-18)23-16-7-2-1-3-8-16/h4-6,9-13,16H,1-3,7-8H2,(H,23,24). The number of allylic oxidation sites excluding steroid dienone is 1. The lowest BCUT2D eigenvalue weighted by atomic mass is 9.95. The largest absolute Gasteiger partial charge is 0.366 e. The molecule has 1 saturated carbocycles. The molecule has 1 aromatic carbocycles. The number of anilines is 1. The minimum absolute atomic E-state index is 0.520. The number of thiocarbonyl (C=S) groups is 1. The monoisotopic (exact) mass is 380 g/mol. The normalized spacial score (nSPS) is 19.2. The van der Waals surface area contributed by atoms with E-state index in [1.54, 1.807) is 0 Å². The van der Waals surface area contributed by atoms with E-state index in [-0.39, 0.29) is 0 Å². The Labute approximate surface area is 163 Å². The van der Waals surface area contributed by atoms with E-state index in [1.165, 1.54) is 43.9 Å². The molecule has 26 heavy (non-hydrogen) atoms. The summed E-state index contributed by atoms with van der Waals surface area (Å²) in [5, 5.41) is 3.55. The van der Waals surface area contributed by atoms with Crippen LogP contribution in [-0.4, -0.2) is 26.5 Å². The summed E-state index contributed by atoms with van der Waals surface area (Å²) in [6.07, 6.45) is 13.9. The van der Waals surface area contributed by atoms with E-state index < -0.39 is 0 Å². The van der Waals surface area contributed by atoms with E-state index in [9.17, 15) is 0 Å². The quantitative estimate of drug-likeness (QED) is 0.726. The van der Waals surface area contributed by atoms with Crippen molar-refractivity contribution in [2.24, 2.45) is 4.99 Å². The van der Waals surface area contributed by atoms with Crippen LogP contribution in [0.4, 0.5) is 5.82 Å². The maximum Gasteiger partial charge on any atom is 0.164 e. The van der Waals surface area contributed by atoms with Crippen LogP contribution in [0.1, 0.15) is 37.7 Å². The lowest BCUT2D eigenvalue weighted by Crippen LogP contribution is -2.22. The van der Waals surface area contributed by atoms with Crippen molar-refractivity contribution >= 4 is 46.4 Å². The van der Waals surface area contributed by atoms with Crippen LogP contribution in [0.25, 0.3) is 17.3 Å². The average molecular weight is 381 g/mol. The molecule has 0 spiro atoms. The molecular formula is C20H20N4S2. The van der Waals surface area contributed by atoms with Crippen molar-refractivity contribution in [1.82, 2.24) is 9.97 Å². The molecule has 0 unspecified atom stereocenters. The van der Waals surface area contributed by atoms with Gasteiger partial charge in [0.25, 0.3) is 0 Å². The van der Waals surface area contributed by atoms with E-state index in [2.05, 4.69) is 39.6 Å². The molecule has 1 aliphatic carbocycles. The Morgan fingerprint density at radius 3 is 2.85 bits per heavy atom. The Bertz CT molecular complexity index is 870. The van der Waals surface area contributed by atoms with E-state index in [0.717, 1.165) is 27.5 Å². The second-order valence-electron chi connectivity index (χ2n) is 6.57. The molecule has 1 aliphatic heterocycles. The first kappa shape index (κ1) is 17.4. The van der Waals surface area contributed by atoms with Crippen molar-refractivity contribution in [3.05, 3.63) is 47.1 Å². The predicted octanol–water partition coefficient (Wildman–Crippen LogP) is 5.33. The first-order valence-corrected chi connectivity index (χ1v) is 10.2. The maximum atomic E-state index is 5.10. The smallest absolute Gasteiger partial charge is 0.164 e. The Hall–Kier alpha value is -2.05. The highest BCUT2D eigenvalue weighted by atomic mass is 32.2. The first-order chi connectivity index (χ1) is 12.8. The van der Waals surface area contributed by atoms with Gasteiger partial charge in [-0.25, -0.2) is 9.98 Å². The SMILES string of the molecule is S=C1N=CC(=Cc2cccc(-c3cncc(NC4CCCCC4)n3)c2)S1. The van der Waals surface area contributed by atoms with E-state index in [0.29, 0.717) is 10.4 Å². The fourth-order valence-corrected chi connectivity index (χ4v) is 4.27. The second-order valence-corrected chi connectivity index (χ2v) is 8.27. The summed E-state index contributed by atoms with van der Waals surface area (Å²) >= 11 is 6.61. The van der Waals surface area contributed by atoms with Crippen molar-refractivity contribution in [2.75, 3.05) is 5.32 Å². The van der Waals surface area contributed by atoms with Crippen LogP contribution in [0.5, 0.6) is 0 Å². The zero-order valence-electron chi connectivity index (χ0n) is 14.4. The van der Waals surface area contributed by atoms with Gasteiger partial charge in [-0.15, -0.1) is 0 Å². The molecule has 132 valence electrons. The zero-order chi connectivity index (χ0) is 17.8. The lowest BCUT2D eigenvalue weighted by Gasteiger charge is -2.23. The third kappa shape index (κ3) is 4.37. The molecule has 0 radical (unpaired) electrons. The summed E-state index contributed by atoms with van der Waals surface area (Å²) < 4.78 is 0.666. The Morgan fingerprint density at radius 1 is 1.15 bits per heavy atom.